The molecule has 0 bridgehead atoms. The van der Waals surface area contributed by atoms with E-state index in [0.717, 1.165) is 23.1 Å². The van der Waals surface area contributed by atoms with Crippen LogP contribution in [0.2, 0.25) is 0 Å². The Morgan fingerprint density at radius 2 is 1.89 bits per heavy atom. The molecule has 0 spiro atoms. The number of benzene rings is 2. The molecule has 3 aromatic rings. The number of carbonyl (C=O) groups is 2. The molecule has 8 heteroatoms. The van der Waals surface area contributed by atoms with E-state index < -0.39 is 0 Å². The highest BCUT2D eigenvalue weighted by Gasteiger charge is 2.32. The number of halogens is 1. The third-order valence-corrected chi connectivity index (χ3v) is 6.62. The number of fused-ring (bicyclic) bond motifs is 1. The summed E-state index contributed by atoms with van der Waals surface area (Å²) in [5.41, 5.74) is 3.18. The van der Waals surface area contributed by atoms with Gasteiger partial charge in [-0.25, -0.2) is 9.37 Å². The van der Waals surface area contributed by atoms with Crippen LogP contribution in [0.15, 0.2) is 53.1 Å². The molecule has 1 unspecified atom stereocenters. The summed E-state index contributed by atoms with van der Waals surface area (Å²) < 4.78 is 25.2. The van der Waals surface area contributed by atoms with Gasteiger partial charge < -0.3 is 19.0 Å². The van der Waals surface area contributed by atoms with Gasteiger partial charge >= 0.3 is 0 Å². The number of hydrogen-bond acceptors (Lipinski definition) is 5. The van der Waals surface area contributed by atoms with Crippen LogP contribution < -0.4 is 4.74 Å². The third-order valence-electron chi connectivity index (χ3n) is 6.62. The van der Waals surface area contributed by atoms with Crippen molar-refractivity contribution in [2.75, 3.05) is 19.6 Å². The summed E-state index contributed by atoms with van der Waals surface area (Å²) in [6.45, 7) is 9.72. The van der Waals surface area contributed by atoms with E-state index in [1.807, 2.05) is 50.8 Å². The number of carbonyl (C=O) groups excluding carboxylic acids is 2. The Morgan fingerprint density at radius 1 is 1.16 bits per heavy atom. The molecule has 0 N–H and O–H groups in total. The zero-order chi connectivity index (χ0) is 26.5. The van der Waals surface area contributed by atoms with Gasteiger partial charge in [-0.1, -0.05) is 32.0 Å². The first-order valence-electron chi connectivity index (χ1n) is 12.8. The molecule has 1 aliphatic rings. The lowest BCUT2D eigenvalue weighted by atomic mass is 9.87. The van der Waals surface area contributed by atoms with Gasteiger partial charge in [-0.05, 0) is 67.1 Å². The minimum Gasteiger partial charge on any atom is -0.484 e. The lowest BCUT2D eigenvalue weighted by molar-refractivity contribution is -0.134. The van der Waals surface area contributed by atoms with Gasteiger partial charge in [0.25, 0.3) is 5.91 Å². The molecular weight excluding hydrogens is 473 g/mol. The van der Waals surface area contributed by atoms with Gasteiger partial charge in [-0.3, -0.25) is 9.59 Å². The lowest BCUT2D eigenvalue weighted by Gasteiger charge is -2.38. The molecule has 2 heterocycles. The van der Waals surface area contributed by atoms with E-state index in [1.165, 1.54) is 18.4 Å². The van der Waals surface area contributed by atoms with Crippen molar-refractivity contribution in [3.63, 3.8) is 0 Å². The fourth-order valence-electron chi connectivity index (χ4n) is 4.72. The van der Waals surface area contributed by atoms with Crippen LogP contribution in [0, 0.1) is 11.7 Å². The van der Waals surface area contributed by atoms with E-state index in [-0.39, 0.29) is 41.9 Å². The van der Waals surface area contributed by atoms with Crippen LogP contribution in [0.1, 0.15) is 73.2 Å². The molecule has 0 saturated carbocycles. The van der Waals surface area contributed by atoms with Crippen LogP contribution in [-0.4, -0.2) is 46.2 Å². The number of ether oxygens (including phenoxy) is 1. The van der Waals surface area contributed by atoms with Crippen molar-refractivity contribution in [2.45, 2.75) is 53.2 Å². The minimum absolute atomic E-state index is 0.0571. The third kappa shape index (κ3) is 6.01. The first-order valence-corrected chi connectivity index (χ1v) is 12.8. The van der Waals surface area contributed by atoms with E-state index in [0.29, 0.717) is 37.7 Å². The number of rotatable bonds is 9. The van der Waals surface area contributed by atoms with Crippen LogP contribution >= 0.6 is 0 Å². The number of hydrogen-bond donors (Lipinski definition) is 0. The number of aromatic nitrogens is 1. The van der Waals surface area contributed by atoms with E-state index in [9.17, 15) is 14.0 Å². The lowest BCUT2D eigenvalue weighted by Crippen LogP contribution is -2.41. The second-order valence-electron chi connectivity index (χ2n) is 9.64. The fraction of sp³-hybridized carbons (Fsp3) is 0.414. The Hall–Kier alpha value is -3.68. The zero-order valence-electron chi connectivity index (χ0n) is 21.9. The van der Waals surface area contributed by atoms with Gasteiger partial charge in [0.2, 0.25) is 11.8 Å². The van der Waals surface area contributed by atoms with E-state index in [2.05, 4.69) is 4.98 Å². The maximum atomic E-state index is 13.7. The second kappa shape index (κ2) is 11.6. The van der Waals surface area contributed by atoms with Crippen LogP contribution in [0.5, 0.6) is 5.75 Å². The molecule has 1 aliphatic heterocycles. The second-order valence-corrected chi connectivity index (χ2v) is 9.64. The predicted octanol–water partition coefficient (Wildman–Crippen LogP) is 5.39. The molecule has 2 amide bonds. The molecule has 4 rings (SSSR count). The van der Waals surface area contributed by atoms with Gasteiger partial charge in [-0.15, -0.1) is 0 Å². The quantitative estimate of drug-likeness (QED) is 0.388. The first kappa shape index (κ1) is 26.4. The number of oxazole rings is 1. The summed E-state index contributed by atoms with van der Waals surface area (Å²) in [6.07, 6.45) is 2.53. The Labute approximate surface area is 217 Å². The highest BCUT2D eigenvalue weighted by Crippen LogP contribution is 2.38. The zero-order valence-corrected chi connectivity index (χ0v) is 21.9. The normalized spacial score (nSPS) is 15.0. The van der Waals surface area contributed by atoms with Crippen molar-refractivity contribution in [3.05, 3.63) is 82.8 Å². The van der Waals surface area contributed by atoms with Crippen molar-refractivity contribution in [3.8, 4) is 5.75 Å². The minimum atomic E-state index is -0.334. The van der Waals surface area contributed by atoms with Gasteiger partial charge in [-0.2, -0.15) is 0 Å². The average Bonchev–Trinajstić information content (AvgIpc) is 3.36. The van der Waals surface area contributed by atoms with E-state index in [4.69, 9.17) is 9.15 Å². The van der Waals surface area contributed by atoms with Crippen LogP contribution in [0.25, 0.3) is 0 Å². The monoisotopic (exact) mass is 507 g/mol. The summed E-state index contributed by atoms with van der Waals surface area (Å²) in [7, 11) is 0. The Morgan fingerprint density at radius 3 is 2.57 bits per heavy atom. The Bertz CT molecular complexity index is 1230. The van der Waals surface area contributed by atoms with Crippen molar-refractivity contribution in [1.29, 1.82) is 0 Å². The topological polar surface area (TPSA) is 75.9 Å². The number of amides is 2. The molecule has 0 saturated heterocycles. The molecule has 37 heavy (non-hydrogen) atoms. The van der Waals surface area contributed by atoms with Crippen LogP contribution in [0.3, 0.4) is 0 Å². The molecule has 0 radical (unpaired) electrons. The van der Waals surface area contributed by atoms with Gasteiger partial charge in [0.1, 0.15) is 17.8 Å². The largest absolute Gasteiger partial charge is 0.484 e. The average molecular weight is 508 g/mol. The molecule has 196 valence electrons. The van der Waals surface area contributed by atoms with Gasteiger partial charge in [0.05, 0.1) is 6.04 Å². The van der Waals surface area contributed by atoms with Crippen molar-refractivity contribution in [1.82, 2.24) is 14.8 Å². The van der Waals surface area contributed by atoms with E-state index >= 15 is 0 Å². The van der Waals surface area contributed by atoms with Gasteiger partial charge in [0, 0.05) is 26.1 Å². The smallest absolute Gasteiger partial charge is 0.275 e. The van der Waals surface area contributed by atoms with Crippen LogP contribution in [-0.2, 0) is 17.8 Å². The highest BCUT2D eigenvalue weighted by atomic mass is 19.1. The first-order chi connectivity index (χ1) is 17.8. The molecular formula is C29H34FN3O4. The van der Waals surface area contributed by atoms with Crippen LogP contribution in [0.4, 0.5) is 4.39 Å². The van der Waals surface area contributed by atoms with Crippen molar-refractivity contribution in [2.24, 2.45) is 5.92 Å². The Kier molecular flexibility index (Phi) is 8.26. The standard InChI is InChI=1S/C29H34FN3O4/c1-5-32(6-2)29(35)25-17-37-26(31-25)18-36-23-12-9-20-13-14-33(27(34)15-19(3)4)28(24(20)16-23)21-7-10-22(30)11-8-21/h7-12,16-17,19,28H,5-6,13-15,18H2,1-4H3. The van der Waals surface area contributed by atoms with Gasteiger partial charge in [0.15, 0.2) is 12.3 Å². The number of nitrogens with zero attached hydrogens (tertiary/aromatic N) is 3. The highest BCUT2D eigenvalue weighted by molar-refractivity contribution is 5.91. The Balaban J connectivity index is 1.57. The summed E-state index contributed by atoms with van der Waals surface area (Å²) in [4.78, 5) is 33.5. The molecule has 1 aromatic heterocycles. The summed E-state index contributed by atoms with van der Waals surface area (Å²) in [6, 6.07) is 11.8. The molecule has 0 fully saturated rings. The van der Waals surface area contributed by atoms with Crippen molar-refractivity contribution < 1.29 is 23.1 Å². The maximum absolute atomic E-state index is 13.7. The summed E-state index contributed by atoms with van der Waals surface area (Å²) >= 11 is 0. The maximum Gasteiger partial charge on any atom is 0.275 e. The molecule has 7 nitrogen and oxygen atoms in total. The molecule has 1 atom stereocenters. The molecule has 0 aliphatic carbocycles. The van der Waals surface area contributed by atoms with Crippen molar-refractivity contribution >= 4 is 11.8 Å². The summed E-state index contributed by atoms with van der Waals surface area (Å²) in [5.74, 6) is 0.711. The SMILES string of the molecule is CCN(CC)C(=O)c1coc(COc2ccc3c(c2)C(c2ccc(F)cc2)N(C(=O)CC(C)C)CC3)n1. The van der Waals surface area contributed by atoms with E-state index in [1.54, 1.807) is 17.0 Å². The molecule has 2 aromatic carbocycles. The summed E-state index contributed by atoms with van der Waals surface area (Å²) in [5, 5.41) is 0. The fourth-order valence-corrected chi connectivity index (χ4v) is 4.72. The predicted molar refractivity (Wildman–Crippen MR) is 138 cm³/mol.